The maximum absolute atomic E-state index is 6.20. The molecule has 0 amide bonds. The largest absolute Gasteiger partial charge is 0.315 e. The van der Waals surface area contributed by atoms with Crippen LogP contribution < -0.4 is 10.6 Å². The van der Waals surface area contributed by atoms with Gasteiger partial charge in [-0.2, -0.15) is 0 Å². The third kappa shape index (κ3) is 2.76. The van der Waals surface area contributed by atoms with Crippen LogP contribution in [0.4, 0.5) is 0 Å². The SMILES string of the molecule is Cc1ccc(CNC2(C)CCNC2)c(Cl)c1. The Morgan fingerprint density at radius 2 is 2.31 bits per heavy atom. The molecule has 0 bridgehead atoms. The van der Waals surface area contributed by atoms with Gasteiger partial charge in [0.25, 0.3) is 0 Å². The molecule has 0 aromatic heterocycles. The zero-order valence-corrected chi connectivity index (χ0v) is 10.7. The lowest BCUT2D eigenvalue weighted by molar-refractivity contribution is 0.386. The van der Waals surface area contributed by atoms with Crippen LogP contribution in [0.1, 0.15) is 24.5 Å². The van der Waals surface area contributed by atoms with E-state index in [1.165, 1.54) is 17.5 Å². The minimum absolute atomic E-state index is 0.216. The third-order valence-electron chi connectivity index (χ3n) is 3.28. The molecule has 1 aliphatic heterocycles. The summed E-state index contributed by atoms with van der Waals surface area (Å²) >= 11 is 6.20. The minimum atomic E-state index is 0.216. The van der Waals surface area contributed by atoms with Gasteiger partial charge in [0, 0.05) is 23.7 Å². The van der Waals surface area contributed by atoms with Crippen LogP contribution >= 0.6 is 11.6 Å². The zero-order valence-electron chi connectivity index (χ0n) is 9.94. The summed E-state index contributed by atoms with van der Waals surface area (Å²) in [7, 11) is 0. The van der Waals surface area contributed by atoms with E-state index in [1.54, 1.807) is 0 Å². The van der Waals surface area contributed by atoms with Crippen LogP contribution in [0, 0.1) is 6.92 Å². The highest BCUT2D eigenvalue weighted by molar-refractivity contribution is 6.31. The molecule has 2 nitrogen and oxygen atoms in total. The van der Waals surface area contributed by atoms with Crippen LogP contribution in [0.5, 0.6) is 0 Å². The first kappa shape index (κ1) is 11.9. The van der Waals surface area contributed by atoms with E-state index in [4.69, 9.17) is 11.6 Å². The van der Waals surface area contributed by atoms with E-state index in [0.29, 0.717) is 0 Å². The van der Waals surface area contributed by atoms with E-state index < -0.39 is 0 Å². The predicted octanol–water partition coefficient (Wildman–Crippen LogP) is 2.49. The van der Waals surface area contributed by atoms with Gasteiger partial charge in [-0.1, -0.05) is 23.7 Å². The highest BCUT2D eigenvalue weighted by Crippen LogP contribution is 2.20. The lowest BCUT2D eigenvalue weighted by Crippen LogP contribution is -2.43. The van der Waals surface area contributed by atoms with E-state index >= 15 is 0 Å². The fourth-order valence-corrected chi connectivity index (χ4v) is 2.37. The Kier molecular flexibility index (Phi) is 3.53. The molecular weight excluding hydrogens is 220 g/mol. The summed E-state index contributed by atoms with van der Waals surface area (Å²) < 4.78 is 0. The van der Waals surface area contributed by atoms with E-state index in [1.807, 2.05) is 6.07 Å². The minimum Gasteiger partial charge on any atom is -0.315 e. The number of benzene rings is 1. The second-order valence-electron chi connectivity index (χ2n) is 4.94. The van der Waals surface area contributed by atoms with Crippen molar-refractivity contribution in [1.82, 2.24) is 10.6 Å². The van der Waals surface area contributed by atoms with Gasteiger partial charge >= 0.3 is 0 Å². The van der Waals surface area contributed by atoms with Gasteiger partial charge < -0.3 is 10.6 Å². The Hall–Kier alpha value is -0.570. The first-order valence-electron chi connectivity index (χ1n) is 5.80. The quantitative estimate of drug-likeness (QED) is 0.846. The van der Waals surface area contributed by atoms with Gasteiger partial charge in [0.15, 0.2) is 0 Å². The average Bonchev–Trinajstić information content (AvgIpc) is 2.64. The summed E-state index contributed by atoms with van der Waals surface area (Å²) in [5, 5.41) is 7.83. The summed E-state index contributed by atoms with van der Waals surface area (Å²) in [5.74, 6) is 0. The normalized spacial score (nSPS) is 24.9. The van der Waals surface area contributed by atoms with Gasteiger partial charge in [-0.05, 0) is 44.0 Å². The number of rotatable bonds is 3. The molecule has 1 fully saturated rings. The summed E-state index contributed by atoms with van der Waals surface area (Å²) in [6.45, 7) is 7.30. The maximum atomic E-state index is 6.20. The zero-order chi connectivity index (χ0) is 11.6. The van der Waals surface area contributed by atoms with Crippen molar-refractivity contribution in [2.24, 2.45) is 0 Å². The number of halogens is 1. The Morgan fingerprint density at radius 1 is 1.50 bits per heavy atom. The van der Waals surface area contributed by atoms with Gasteiger partial charge in [-0.25, -0.2) is 0 Å². The standard InChI is InChI=1S/C13H19ClN2/c1-10-3-4-11(12(14)7-10)8-16-13(2)5-6-15-9-13/h3-4,7,15-16H,5-6,8-9H2,1-2H3. The van der Waals surface area contributed by atoms with Crippen LogP contribution in [-0.2, 0) is 6.54 Å². The number of aryl methyl sites for hydroxylation is 1. The van der Waals surface area contributed by atoms with Crippen LogP contribution in [-0.4, -0.2) is 18.6 Å². The average molecular weight is 239 g/mol. The molecule has 16 heavy (non-hydrogen) atoms. The van der Waals surface area contributed by atoms with Crippen LogP contribution in [0.25, 0.3) is 0 Å². The molecule has 1 atom stereocenters. The first-order chi connectivity index (χ1) is 7.59. The maximum Gasteiger partial charge on any atom is 0.0453 e. The second-order valence-corrected chi connectivity index (χ2v) is 5.34. The van der Waals surface area contributed by atoms with E-state index in [2.05, 4.69) is 36.6 Å². The topological polar surface area (TPSA) is 24.1 Å². The molecule has 0 aliphatic carbocycles. The van der Waals surface area contributed by atoms with Crippen molar-refractivity contribution in [3.05, 3.63) is 34.3 Å². The molecule has 1 aliphatic rings. The predicted molar refractivity (Wildman–Crippen MR) is 68.9 cm³/mol. The Bertz CT molecular complexity index is 370. The van der Waals surface area contributed by atoms with E-state index in [0.717, 1.165) is 24.7 Å². The monoisotopic (exact) mass is 238 g/mol. The molecule has 2 rings (SSSR count). The smallest absolute Gasteiger partial charge is 0.0453 e. The first-order valence-corrected chi connectivity index (χ1v) is 6.18. The summed E-state index contributed by atoms with van der Waals surface area (Å²) in [5.41, 5.74) is 2.61. The summed E-state index contributed by atoms with van der Waals surface area (Å²) in [6, 6.07) is 6.24. The molecule has 88 valence electrons. The molecule has 1 aromatic rings. The molecule has 3 heteroatoms. The van der Waals surface area contributed by atoms with Crippen molar-refractivity contribution < 1.29 is 0 Å². The fraction of sp³-hybridized carbons (Fsp3) is 0.538. The molecule has 0 radical (unpaired) electrons. The molecule has 1 aromatic carbocycles. The van der Waals surface area contributed by atoms with Gasteiger partial charge in [0.2, 0.25) is 0 Å². The third-order valence-corrected chi connectivity index (χ3v) is 3.63. The molecule has 0 spiro atoms. The molecule has 2 N–H and O–H groups in total. The Morgan fingerprint density at radius 3 is 2.94 bits per heavy atom. The van der Waals surface area contributed by atoms with Crippen molar-refractivity contribution in [3.63, 3.8) is 0 Å². The van der Waals surface area contributed by atoms with Crippen molar-refractivity contribution in [2.75, 3.05) is 13.1 Å². The molecule has 1 saturated heterocycles. The molecule has 1 unspecified atom stereocenters. The van der Waals surface area contributed by atoms with Crippen LogP contribution in [0.3, 0.4) is 0 Å². The van der Waals surface area contributed by atoms with E-state index in [9.17, 15) is 0 Å². The molecular formula is C13H19ClN2. The lowest BCUT2D eigenvalue weighted by atomic mass is 10.0. The second kappa shape index (κ2) is 4.74. The summed E-state index contributed by atoms with van der Waals surface area (Å²) in [6.07, 6.45) is 1.18. The highest BCUT2D eigenvalue weighted by Gasteiger charge is 2.27. The van der Waals surface area contributed by atoms with Gasteiger partial charge in [0.1, 0.15) is 0 Å². The fourth-order valence-electron chi connectivity index (χ4n) is 2.07. The number of hydrogen-bond donors (Lipinski definition) is 2. The lowest BCUT2D eigenvalue weighted by Gasteiger charge is -2.24. The van der Waals surface area contributed by atoms with Crippen molar-refractivity contribution >= 4 is 11.6 Å². The van der Waals surface area contributed by atoms with Crippen LogP contribution in [0.2, 0.25) is 5.02 Å². The Balaban J connectivity index is 1.99. The molecule has 1 heterocycles. The number of hydrogen-bond acceptors (Lipinski definition) is 2. The molecule has 0 saturated carbocycles. The van der Waals surface area contributed by atoms with Gasteiger partial charge in [-0.15, -0.1) is 0 Å². The van der Waals surface area contributed by atoms with Crippen molar-refractivity contribution in [2.45, 2.75) is 32.4 Å². The van der Waals surface area contributed by atoms with E-state index in [-0.39, 0.29) is 5.54 Å². The van der Waals surface area contributed by atoms with Crippen molar-refractivity contribution in [3.8, 4) is 0 Å². The van der Waals surface area contributed by atoms with Crippen LogP contribution in [0.15, 0.2) is 18.2 Å². The van der Waals surface area contributed by atoms with Crippen molar-refractivity contribution in [1.29, 1.82) is 0 Å². The van der Waals surface area contributed by atoms with Gasteiger partial charge in [-0.3, -0.25) is 0 Å². The summed E-state index contributed by atoms with van der Waals surface area (Å²) in [4.78, 5) is 0. The highest BCUT2D eigenvalue weighted by atomic mass is 35.5. The Labute approximate surface area is 102 Å². The number of nitrogens with one attached hydrogen (secondary N) is 2. The van der Waals surface area contributed by atoms with Gasteiger partial charge in [0.05, 0.1) is 0 Å².